The zero-order valence-electron chi connectivity index (χ0n) is 9.57. The molecule has 1 aromatic carbocycles. The number of sulfonamides is 1. The highest BCUT2D eigenvalue weighted by Crippen LogP contribution is 2.23. The maximum atomic E-state index is 12.0. The van der Waals surface area contributed by atoms with Gasteiger partial charge in [-0.2, -0.15) is 4.72 Å². The van der Waals surface area contributed by atoms with Crippen LogP contribution in [0.15, 0.2) is 23.1 Å². The van der Waals surface area contributed by atoms with E-state index in [1.54, 1.807) is 0 Å². The second-order valence-electron chi connectivity index (χ2n) is 4.14. The molecule has 0 aromatic heterocycles. The summed E-state index contributed by atoms with van der Waals surface area (Å²) in [5.74, 6) is -1.29. The molecule has 0 saturated heterocycles. The third-order valence-electron chi connectivity index (χ3n) is 2.07. The predicted octanol–water partition coefficient (Wildman–Crippen LogP) is 2.13. The first-order valence-electron chi connectivity index (χ1n) is 4.78. The number of rotatable bonds is 4. The van der Waals surface area contributed by atoms with Crippen molar-refractivity contribution in [3.8, 4) is 0 Å². The number of halogens is 2. The third-order valence-corrected chi connectivity index (χ3v) is 4.14. The normalized spacial score (nSPS) is 12.4. The summed E-state index contributed by atoms with van der Waals surface area (Å²) in [5.41, 5.74) is -1.63. The monoisotopic (exact) mass is 311 g/mol. The largest absolute Gasteiger partial charge is 0.480 e. The average molecular weight is 312 g/mol. The van der Waals surface area contributed by atoms with Crippen LogP contribution < -0.4 is 4.72 Å². The van der Waals surface area contributed by atoms with Gasteiger partial charge in [0.25, 0.3) is 0 Å². The summed E-state index contributed by atoms with van der Waals surface area (Å²) in [7, 11) is -4.01. The van der Waals surface area contributed by atoms with Gasteiger partial charge in [0.1, 0.15) is 5.54 Å². The molecule has 1 rings (SSSR count). The Bertz CT molecular complexity index is 563. The number of carbonyl (C=O) groups is 1. The minimum absolute atomic E-state index is 0.149. The lowest BCUT2D eigenvalue weighted by Crippen LogP contribution is -2.49. The second-order valence-corrected chi connectivity index (χ2v) is 6.70. The molecule has 0 radical (unpaired) electrons. The van der Waals surface area contributed by atoms with Crippen LogP contribution >= 0.6 is 23.2 Å². The molecule has 0 saturated carbocycles. The van der Waals surface area contributed by atoms with E-state index in [1.165, 1.54) is 32.0 Å². The van der Waals surface area contributed by atoms with Crippen molar-refractivity contribution in [2.75, 3.05) is 0 Å². The first-order chi connectivity index (χ1) is 8.04. The van der Waals surface area contributed by atoms with E-state index in [0.29, 0.717) is 0 Å². The van der Waals surface area contributed by atoms with E-state index in [1.807, 2.05) is 0 Å². The molecule has 18 heavy (non-hydrogen) atoms. The quantitative estimate of drug-likeness (QED) is 0.892. The van der Waals surface area contributed by atoms with Crippen LogP contribution in [0.3, 0.4) is 0 Å². The highest BCUT2D eigenvalue weighted by Gasteiger charge is 2.33. The van der Waals surface area contributed by atoms with E-state index in [4.69, 9.17) is 28.3 Å². The molecule has 0 unspecified atom stereocenters. The smallest absolute Gasteiger partial charge is 0.324 e. The molecule has 100 valence electrons. The molecule has 0 aliphatic heterocycles. The SMILES string of the molecule is CC(C)(NS(=O)(=O)c1cc(Cl)cc(Cl)c1)C(=O)O. The number of nitrogens with one attached hydrogen (secondary N) is 1. The van der Waals surface area contributed by atoms with E-state index >= 15 is 0 Å². The molecule has 0 amide bonds. The maximum Gasteiger partial charge on any atom is 0.324 e. The summed E-state index contributed by atoms with van der Waals surface area (Å²) in [6, 6.07) is 3.76. The van der Waals surface area contributed by atoms with Crippen molar-refractivity contribution in [2.24, 2.45) is 0 Å². The molecule has 8 heteroatoms. The maximum absolute atomic E-state index is 12.0. The first-order valence-corrected chi connectivity index (χ1v) is 7.02. The highest BCUT2D eigenvalue weighted by molar-refractivity contribution is 7.89. The van der Waals surface area contributed by atoms with Crippen molar-refractivity contribution >= 4 is 39.2 Å². The molecule has 2 N–H and O–H groups in total. The fourth-order valence-electron chi connectivity index (χ4n) is 1.12. The Hall–Kier alpha value is -0.820. The lowest BCUT2D eigenvalue weighted by molar-refractivity contribution is -0.142. The molecule has 0 bridgehead atoms. The standard InChI is InChI=1S/C10H11Cl2NO4S/c1-10(2,9(14)15)13-18(16,17)8-4-6(11)3-7(12)5-8/h3-5,13H,1-2H3,(H,14,15). The second kappa shape index (κ2) is 5.05. The number of hydrogen-bond donors (Lipinski definition) is 2. The van der Waals surface area contributed by atoms with Crippen LogP contribution in [0.5, 0.6) is 0 Å². The van der Waals surface area contributed by atoms with Gasteiger partial charge in [-0.15, -0.1) is 0 Å². The van der Waals surface area contributed by atoms with Crippen molar-refractivity contribution in [3.63, 3.8) is 0 Å². The Labute approximate surface area is 115 Å². The average Bonchev–Trinajstić information content (AvgIpc) is 2.13. The lowest BCUT2D eigenvalue weighted by atomic mass is 10.1. The van der Waals surface area contributed by atoms with E-state index in [9.17, 15) is 13.2 Å². The molecule has 0 aliphatic carbocycles. The number of carboxylic acid groups (broad SMARTS) is 1. The zero-order valence-corrected chi connectivity index (χ0v) is 11.9. The minimum atomic E-state index is -4.01. The van der Waals surface area contributed by atoms with Crippen LogP contribution in [0, 0.1) is 0 Å². The molecule has 0 fully saturated rings. The van der Waals surface area contributed by atoms with Gasteiger partial charge in [-0.05, 0) is 32.0 Å². The summed E-state index contributed by atoms with van der Waals surface area (Å²) in [5, 5.41) is 9.18. The van der Waals surface area contributed by atoms with Crippen molar-refractivity contribution in [1.29, 1.82) is 0 Å². The molecule has 0 spiro atoms. The fourth-order valence-corrected chi connectivity index (χ4v) is 3.22. The van der Waals surface area contributed by atoms with Gasteiger partial charge in [0.2, 0.25) is 10.0 Å². The van der Waals surface area contributed by atoms with Crippen molar-refractivity contribution in [2.45, 2.75) is 24.3 Å². The Kier molecular flexibility index (Phi) is 4.27. The lowest BCUT2D eigenvalue weighted by Gasteiger charge is -2.20. The molecular formula is C10H11Cl2NO4S. The summed E-state index contributed by atoms with van der Waals surface area (Å²) >= 11 is 11.4. The zero-order chi connectivity index (χ0) is 14.1. The van der Waals surface area contributed by atoms with Gasteiger partial charge in [-0.25, -0.2) is 8.42 Å². The van der Waals surface area contributed by atoms with Gasteiger partial charge in [-0.1, -0.05) is 23.2 Å². The highest BCUT2D eigenvalue weighted by atomic mass is 35.5. The van der Waals surface area contributed by atoms with Crippen LogP contribution in [0.4, 0.5) is 0 Å². The minimum Gasteiger partial charge on any atom is -0.480 e. The Morgan fingerprint density at radius 1 is 1.22 bits per heavy atom. The number of aliphatic carboxylic acids is 1. The summed E-state index contributed by atoms with van der Waals surface area (Å²) in [6.45, 7) is 2.47. The summed E-state index contributed by atoms with van der Waals surface area (Å²) < 4.78 is 26.0. The van der Waals surface area contributed by atoms with Gasteiger partial charge in [0.05, 0.1) is 4.90 Å². The first kappa shape index (κ1) is 15.2. The van der Waals surface area contributed by atoms with Gasteiger partial charge in [-0.3, -0.25) is 4.79 Å². The molecule has 5 nitrogen and oxygen atoms in total. The van der Waals surface area contributed by atoms with Crippen LogP contribution in [-0.2, 0) is 14.8 Å². The molecule has 0 atom stereocenters. The van der Waals surface area contributed by atoms with Gasteiger partial charge in [0.15, 0.2) is 0 Å². The fraction of sp³-hybridized carbons (Fsp3) is 0.300. The molecule has 0 heterocycles. The number of hydrogen-bond acceptors (Lipinski definition) is 3. The van der Waals surface area contributed by atoms with E-state index < -0.39 is 21.5 Å². The number of carboxylic acids is 1. The van der Waals surface area contributed by atoms with Crippen LogP contribution in [0.25, 0.3) is 0 Å². The van der Waals surface area contributed by atoms with E-state index in [2.05, 4.69) is 4.72 Å². The number of benzene rings is 1. The van der Waals surface area contributed by atoms with Crippen molar-refractivity contribution in [1.82, 2.24) is 4.72 Å². The molecule has 0 aliphatic rings. The van der Waals surface area contributed by atoms with Gasteiger partial charge in [0, 0.05) is 10.0 Å². The Morgan fingerprint density at radius 2 is 1.67 bits per heavy atom. The van der Waals surface area contributed by atoms with Crippen LogP contribution in [0.2, 0.25) is 10.0 Å². The van der Waals surface area contributed by atoms with Crippen molar-refractivity contribution in [3.05, 3.63) is 28.2 Å². The van der Waals surface area contributed by atoms with Crippen LogP contribution in [0.1, 0.15) is 13.8 Å². The van der Waals surface area contributed by atoms with E-state index in [-0.39, 0.29) is 14.9 Å². The molecular weight excluding hydrogens is 301 g/mol. The molecule has 1 aromatic rings. The predicted molar refractivity (Wildman–Crippen MR) is 68.5 cm³/mol. The summed E-state index contributed by atoms with van der Waals surface area (Å²) in [6.07, 6.45) is 0. The third kappa shape index (κ3) is 3.58. The van der Waals surface area contributed by atoms with Gasteiger partial charge >= 0.3 is 5.97 Å². The topological polar surface area (TPSA) is 83.5 Å². The van der Waals surface area contributed by atoms with Gasteiger partial charge < -0.3 is 5.11 Å². The van der Waals surface area contributed by atoms with E-state index in [0.717, 1.165) is 0 Å². The van der Waals surface area contributed by atoms with Crippen molar-refractivity contribution < 1.29 is 18.3 Å². The Morgan fingerprint density at radius 3 is 2.06 bits per heavy atom. The van der Waals surface area contributed by atoms with Crippen LogP contribution in [-0.4, -0.2) is 25.0 Å². The Balaban J connectivity index is 3.19. The summed E-state index contributed by atoms with van der Waals surface area (Å²) in [4.78, 5) is 10.7.